The van der Waals surface area contributed by atoms with E-state index in [0.717, 1.165) is 11.0 Å². The Bertz CT molecular complexity index is 846. The fourth-order valence-corrected chi connectivity index (χ4v) is 2.27. The lowest BCUT2D eigenvalue weighted by Gasteiger charge is -2.08. The number of aliphatic hydroxyl groups is 1. The highest BCUT2D eigenvalue weighted by Crippen LogP contribution is 2.25. The van der Waals surface area contributed by atoms with E-state index in [4.69, 9.17) is 9.84 Å². The summed E-state index contributed by atoms with van der Waals surface area (Å²) in [4.78, 5) is 16.0. The lowest BCUT2D eigenvalue weighted by molar-refractivity contribution is -0.121. The molecule has 2 N–H and O–H groups in total. The summed E-state index contributed by atoms with van der Waals surface area (Å²) in [5, 5.41) is 11.3. The second kappa shape index (κ2) is 7.10. The van der Waals surface area contributed by atoms with Crippen LogP contribution < -0.4 is 10.1 Å². The number of nitrogens with zero attached hydrogens (tertiary/aromatic N) is 2. The van der Waals surface area contributed by atoms with Crippen LogP contribution in [0.15, 0.2) is 48.8 Å². The first kappa shape index (κ1) is 15.9. The number of halogens is 1. The minimum atomic E-state index is -0.329. The Morgan fingerprint density at radius 3 is 2.71 bits per heavy atom. The number of aliphatic hydroxyl groups excluding tert-OH is 1. The van der Waals surface area contributed by atoms with Crippen molar-refractivity contribution >= 4 is 16.9 Å². The van der Waals surface area contributed by atoms with Crippen molar-refractivity contribution in [2.45, 2.75) is 6.54 Å². The van der Waals surface area contributed by atoms with Crippen LogP contribution >= 0.6 is 0 Å². The molecule has 0 aliphatic carbocycles. The maximum atomic E-state index is 12.9. The summed E-state index contributed by atoms with van der Waals surface area (Å²) in [5.74, 6) is 0.534. The number of carbonyl (C=O) groups excluding carboxylic acids is 1. The summed E-state index contributed by atoms with van der Waals surface area (Å²) in [6.07, 6.45) is 1.57. The molecular formula is C17H16FN3O3. The summed E-state index contributed by atoms with van der Waals surface area (Å²) in [7, 11) is 0. The second-order valence-corrected chi connectivity index (χ2v) is 5.15. The highest BCUT2D eigenvalue weighted by Gasteiger charge is 2.09. The van der Waals surface area contributed by atoms with Gasteiger partial charge in [-0.3, -0.25) is 4.79 Å². The number of benzene rings is 2. The van der Waals surface area contributed by atoms with Gasteiger partial charge in [0.15, 0.2) is 0 Å². The summed E-state index contributed by atoms with van der Waals surface area (Å²) in [6.45, 7) is 0.201. The Morgan fingerprint density at radius 1 is 1.21 bits per heavy atom. The Hall–Kier alpha value is -2.93. The third-order valence-corrected chi connectivity index (χ3v) is 3.39. The molecule has 0 saturated carbocycles. The summed E-state index contributed by atoms with van der Waals surface area (Å²) in [5.41, 5.74) is 1.48. The molecule has 3 rings (SSSR count). The Balaban J connectivity index is 1.80. The van der Waals surface area contributed by atoms with Crippen molar-refractivity contribution < 1.29 is 19.0 Å². The van der Waals surface area contributed by atoms with E-state index in [9.17, 15) is 9.18 Å². The van der Waals surface area contributed by atoms with Crippen LogP contribution in [0.3, 0.4) is 0 Å². The normalized spacial score (nSPS) is 10.8. The molecule has 1 heterocycles. The van der Waals surface area contributed by atoms with E-state index in [-0.39, 0.29) is 31.4 Å². The van der Waals surface area contributed by atoms with Crippen LogP contribution in [0.1, 0.15) is 0 Å². The average Bonchev–Trinajstić information content (AvgIpc) is 2.97. The fraction of sp³-hybridized carbons (Fsp3) is 0.176. The predicted octanol–water partition coefficient (Wildman–Crippen LogP) is 2.08. The van der Waals surface area contributed by atoms with Crippen LogP contribution in [0.2, 0.25) is 0 Å². The van der Waals surface area contributed by atoms with Crippen LogP contribution in [-0.2, 0) is 11.3 Å². The minimum Gasteiger partial charge on any atom is -0.457 e. The van der Waals surface area contributed by atoms with Gasteiger partial charge in [-0.15, -0.1) is 0 Å². The van der Waals surface area contributed by atoms with Crippen LogP contribution in [0, 0.1) is 5.82 Å². The summed E-state index contributed by atoms with van der Waals surface area (Å²) in [6, 6.07) is 11.0. The quantitative estimate of drug-likeness (QED) is 0.726. The molecule has 0 fully saturated rings. The topological polar surface area (TPSA) is 76.4 Å². The first-order valence-corrected chi connectivity index (χ1v) is 7.41. The molecule has 2 aromatic carbocycles. The van der Waals surface area contributed by atoms with E-state index in [1.807, 2.05) is 0 Å². The van der Waals surface area contributed by atoms with Crippen molar-refractivity contribution in [3.63, 3.8) is 0 Å². The number of hydrogen-bond donors (Lipinski definition) is 2. The van der Waals surface area contributed by atoms with Gasteiger partial charge in [0.1, 0.15) is 23.9 Å². The number of aromatic nitrogens is 2. The lowest BCUT2D eigenvalue weighted by Crippen LogP contribution is -2.29. The van der Waals surface area contributed by atoms with E-state index >= 15 is 0 Å². The van der Waals surface area contributed by atoms with Crippen LogP contribution in [0.5, 0.6) is 11.5 Å². The van der Waals surface area contributed by atoms with E-state index in [2.05, 4.69) is 10.3 Å². The summed E-state index contributed by atoms with van der Waals surface area (Å²) >= 11 is 0. The Labute approximate surface area is 137 Å². The van der Waals surface area contributed by atoms with E-state index < -0.39 is 0 Å². The zero-order chi connectivity index (χ0) is 16.9. The van der Waals surface area contributed by atoms with Crippen LogP contribution in [0.25, 0.3) is 11.0 Å². The molecule has 1 amide bonds. The molecule has 0 bridgehead atoms. The number of imidazole rings is 1. The van der Waals surface area contributed by atoms with Gasteiger partial charge >= 0.3 is 0 Å². The van der Waals surface area contributed by atoms with Crippen LogP contribution in [-0.4, -0.2) is 33.7 Å². The van der Waals surface area contributed by atoms with Gasteiger partial charge in [0.2, 0.25) is 5.91 Å². The molecule has 0 unspecified atom stereocenters. The van der Waals surface area contributed by atoms with E-state index in [0.29, 0.717) is 11.5 Å². The first-order valence-electron chi connectivity index (χ1n) is 7.41. The molecule has 0 aliphatic rings. The monoisotopic (exact) mass is 329 g/mol. The lowest BCUT2D eigenvalue weighted by atomic mass is 10.3. The van der Waals surface area contributed by atoms with Crippen molar-refractivity contribution in [1.82, 2.24) is 14.9 Å². The van der Waals surface area contributed by atoms with Crippen molar-refractivity contribution in [3.05, 3.63) is 54.6 Å². The molecule has 0 radical (unpaired) electrons. The number of ether oxygens (including phenoxy) is 1. The number of hydrogen-bond acceptors (Lipinski definition) is 4. The first-order chi connectivity index (χ1) is 11.7. The van der Waals surface area contributed by atoms with Crippen molar-refractivity contribution in [3.8, 4) is 11.5 Å². The van der Waals surface area contributed by atoms with Crippen molar-refractivity contribution in [2.75, 3.05) is 13.2 Å². The molecule has 124 valence electrons. The van der Waals surface area contributed by atoms with Gasteiger partial charge in [-0.05, 0) is 36.4 Å². The summed E-state index contributed by atoms with van der Waals surface area (Å²) < 4.78 is 20.3. The molecule has 3 aromatic rings. The van der Waals surface area contributed by atoms with Crippen molar-refractivity contribution in [1.29, 1.82) is 0 Å². The number of amides is 1. The molecule has 0 aliphatic heterocycles. The zero-order valence-electron chi connectivity index (χ0n) is 12.8. The molecule has 1 aromatic heterocycles. The van der Waals surface area contributed by atoms with Gasteiger partial charge in [0.25, 0.3) is 0 Å². The van der Waals surface area contributed by atoms with Gasteiger partial charge in [0.05, 0.1) is 24.0 Å². The third kappa shape index (κ3) is 3.69. The maximum absolute atomic E-state index is 12.9. The van der Waals surface area contributed by atoms with Gasteiger partial charge < -0.3 is 19.7 Å². The SMILES string of the molecule is O=C(Cn1cnc2ccc(Oc3ccc(F)cc3)cc21)NCCO. The zero-order valence-corrected chi connectivity index (χ0v) is 12.8. The number of rotatable bonds is 6. The molecule has 0 saturated heterocycles. The highest BCUT2D eigenvalue weighted by molar-refractivity contribution is 5.81. The number of nitrogens with one attached hydrogen (secondary N) is 1. The highest BCUT2D eigenvalue weighted by atomic mass is 19.1. The maximum Gasteiger partial charge on any atom is 0.240 e. The van der Waals surface area contributed by atoms with Crippen LogP contribution in [0.4, 0.5) is 4.39 Å². The van der Waals surface area contributed by atoms with Gasteiger partial charge in [-0.1, -0.05) is 0 Å². The average molecular weight is 329 g/mol. The Morgan fingerprint density at radius 2 is 1.96 bits per heavy atom. The Kier molecular flexibility index (Phi) is 4.72. The number of carbonyl (C=O) groups is 1. The minimum absolute atomic E-state index is 0.0938. The molecule has 0 spiro atoms. The van der Waals surface area contributed by atoms with Gasteiger partial charge in [-0.2, -0.15) is 0 Å². The molecule has 0 atom stereocenters. The molecular weight excluding hydrogens is 313 g/mol. The molecule has 6 nitrogen and oxygen atoms in total. The second-order valence-electron chi connectivity index (χ2n) is 5.15. The third-order valence-electron chi connectivity index (χ3n) is 3.39. The fourth-order valence-electron chi connectivity index (χ4n) is 2.27. The standard InChI is InChI=1S/C17H16FN3O3/c18-12-1-3-13(4-2-12)24-14-5-6-15-16(9-14)21(11-20-15)10-17(23)19-7-8-22/h1-6,9,11,22H,7-8,10H2,(H,19,23). The smallest absolute Gasteiger partial charge is 0.240 e. The van der Waals surface area contributed by atoms with Gasteiger partial charge in [0, 0.05) is 12.6 Å². The largest absolute Gasteiger partial charge is 0.457 e. The number of fused-ring (bicyclic) bond motifs is 1. The molecule has 7 heteroatoms. The van der Waals surface area contributed by atoms with Gasteiger partial charge in [-0.25, -0.2) is 9.37 Å². The molecule has 24 heavy (non-hydrogen) atoms. The predicted molar refractivity (Wildman–Crippen MR) is 86.3 cm³/mol. The van der Waals surface area contributed by atoms with E-state index in [1.54, 1.807) is 41.2 Å². The van der Waals surface area contributed by atoms with E-state index in [1.165, 1.54) is 12.1 Å². The van der Waals surface area contributed by atoms with Crippen molar-refractivity contribution in [2.24, 2.45) is 0 Å².